The Morgan fingerprint density at radius 1 is 1.65 bits per heavy atom. The minimum atomic E-state index is -0.111. The SMILES string of the molecule is COc1cc(C)sc1C(=O)NCC1(CO)CC1. The zero-order valence-corrected chi connectivity index (χ0v) is 10.9. The standard InChI is InChI=1S/C12H17NO3S/c1-8-5-9(16-2)10(17-8)11(15)13-6-12(7-14)3-4-12/h5,14H,3-4,6-7H2,1-2H3,(H,13,15). The number of nitrogens with one attached hydrogen (secondary N) is 1. The lowest BCUT2D eigenvalue weighted by Gasteiger charge is -2.12. The fraction of sp³-hybridized carbons (Fsp3) is 0.583. The fourth-order valence-corrected chi connectivity index (χ4v) is 2.61. The van der Waals surface area contributed by atoms with E-state index >= 15 is 0 Å². The average molecular weight is 255 g/mol. The van der Waals surface area contributed by atoms with Crippen LogP contribution in [-0.4, -0.2) is 31.3 Å². The highest BCUT2D eigenvalue weighted by molar-refractivity contribution is 7.14. The molecule has 0 spiro atoms. The molecule has 4 nitrogen and oxygen atoms in total. The van der Waals surface area contributed by atoms with Crippen molar-refractivity contribution < 1.29 is 14.6 Å². The molecular formula is C12H17NO3S. The number of hydrogen-bond acceptors (Lipinski definition) is 4. The van der Waals surface area contributed by atoms with Crippen LogP contribution >= 0.6 is 11.3 Å². The first-order valence-electron chi connectivity index (χ1n) is 5.64. The molecule has 0 bridgehead atoms. The van der Waals surface area contributed by atoms with E-state index in [1.165, 1.54) is 11.3 Å². The minimum absolute atomic E-state index is 0.0603. The molecule has 0 aliphatic heterocycles. The molecule has 5 heteroatoms. The molecule has 0 saturated heterocycles. The van der Waals surface area contributed by atoms with E-state index in [-0.39, 0.29) is 17.9 Å². The van der Waals surface area contributed by atoms with E-state index < -0.39 is 0 Å². The largest absolute Gasteiger partial charge is 0.495 e. The van der Waals surface area contributed by atoms with Gasteiger partial charge in [0.15, 0.2) is 0 Å². The van der Waals surface area contributed by atoms with Crippen LogP contribution in [0.1, 0.15) is 27.4 Å². The first-order valence-corrected chi connectivity index (χ1v) is 6.45. The van der Waals surface area contributed by atoms with Crippen molar-refractivity contribution >= 4 is 17.2 Å². The summed E-state index contributed by atoms with van der Waals surface area (Å²) >= 11 is 1.43. The summed E-state index contributed by atoms with van der Waals surface area (Å²) in [7, 11) is 1.56. The van der Waals surface area contributed by atoms with Gasteiger partial charge in [0, 0.05) is 16.8 Å². The van der Waals surface area contributed by atoms with Gasteiger partial charge in [-0.15, -0.1) is 11.3 Å². The Balaban J connectivity index is 1.99. The molecule has 94 valence electrons. The maximum absolute atomic E-state index is 12.0. The van der Waals surface area contributed by atoms with Gasteiger partial charge in [0.25, 0.3) is 5.91 Å². The van der Waals surface area contributed by atoms with E-state index in [9.17, 15) is 9.90 Å². The zero-order chi connectivity index (χ0) is 12.5. The molecular weight excluding hydrogens is 238 g/mol. The van der Waals surface area contributed by atoms with Gasteiger partial charge in [0.05, 0.1) is 13.7 Å². The summed E-state index contributed by atoms with van der Waals surface area (Å²) < 4.78 is 5.16. The van der Waals surface area contributed by atoms with Crippen LogP contribution in [0.25, 0.3) is 0 Å². The van der Waals surface area contributed by atoms with Gasteiger partial charge in [-0.1, -0.05) is 0 Å². The van der Waals surface area contributed by atoms with Crippen LogP contribution in [-0.2, 0) is 0 Å². The molecule has 1 amide bonds. The molecule has 17 heavy (non-hydrogen) atoms. The molecule has 1 saturated carbocycles. The Morgan fingerprint density at radius 2 is 2.35 bits per heavy atom. The number of methoxy groups -OCH3 is 1. The lowest BCUT2D eigenvalue weighted by molar-refractivity contribution is 0.0936. The van der Waals surface area contributed by atoms with Gasteiger partial charge in [-0.2, -0.15) is 0 Å². The van der Waals surface area contributed by atoms with Gasteiger partial charge in [-0.05, 0) is 25.8 Å². The number of ether oxygens (including phenoxy) is 1. The number of aryl methyl sites for hydroxylation is 1. The number of thiophene rings is 1. The van der Waals surface area contributed by atoms with Crippen molar-refractivity contribution in [3.8, 4) is 5.75 Å². The quantitative estimate of drug-likeness (QED) is 0.839. The van der Waals surface area contributed by atoms with Crippen LogP contribution in [0.3, 0.4) is 0 Å². The maximum atomic E-state index is 12.0. The molecule has 0 aromatic carbocycles. The van der Waals surface area contributed by atoms with Crippen molar-refractivity contribution in [1.29, 1.82) is 0 Å². The lowest BCUT2D eigenvalue weighted by Crippen LogP contribution is -2.31. The molecule has 0 atom stereocenters. The lowest BCUT2D eigenvalue weighted by atomic mass is 10.1. The fourth-order valence-electron chi connectivity index (χ4n) is 1.72. The van der Waals surface area contributed by atoms with Gasteiger partial charge in [0.2, 0.25) is 0 Å². The highest BCUT2D eigenvalue weighted by Gasteiger charge is 2.42. The third kappa shape index (κ3) is 2.61. The van der Waals surface area contributed by atoms with Crippen molar-refractivity contribution in [3.05, 3.63) is 15.8 Å². The molecule has 1 aromatic rings. The second-order valence-electron chi connectivity index (χ2n) is 4.60. The van der Waals surface area contributed by atoms with Gasteiger partial charge >= 0.3 is 0 Å². The number of hydrogen-bond donors (Lipinski definition) is 2. The highest BCUT2D eigenvalue weighted by atomic mass is 32.1. The predicted octanol–water partition coefficient (Wildman–Crippen LogP) is 1.57. The normalized spacial score (nSPS) is 16.6. The van der Waals surface area contributed by atoms with E-state index in [0.29, 0.717) is 17.2 Å². The summed E-state index contributed by atoms with van der Waals surface area (Å²) in [6.45, 7) is 2.64. The van der Waals surface area contributed by atoms with Crippen LogP contribution in [0, 0.1) is 12.3 Å². The van der Waals surface area contributed by atoms with Crippen molar-refractivity contribution in [2.24, 2.45) is 5.41 Å². The predicted molar refractivity (Wildman–Crippen MR) is 66.7 cm³/mol. The summed E-state index contributed by atoms with van der Waals surface area (Å²) in [5.41, 5.74) is -0.0603. The number of carbonyl (C=O) groups excluding carboxylic acids is 1. The summed E-state index contributed by atoms with van der Waals surface area (Å²) in [6.07, 6.45) is 1.98. The number of amides is 1. The second kappa shape index (κ2) is 4.66. The van der Waals surface area contributed by atoms with Crippen LogP contribution in [0.2, 0.25) is 0 Å². The summed E-state index contributed by atoms with van der Waals surface area (Å²) in [5, 5.41) is 12.0. The molecule has 0 radical (unpaired) electrons. The Kier molecular flexibility index (Phi) is 3.40. The van der Waals surface area contributed by atoms with Gasteiger partial charge in [0.1, 0.15) is 10.6 Å². The van der Waals surface area contributed by atoms with Gasteiger partial charge in [-0.3, -0.25) is 4.79 Å². The van der Waals surface area contributed by atoms with Gasteiger partial charge < -0.3 is 15.2 Å². The molecule has 1 aromatic heterocycles. The van der Waals surface area contributed by atoms with Gasteiger partial charge in [-0.25, -0.2) is 0 Å². The molecule has 2 N–H and O–H groups in total. The number of rotatable bonds is 5. The minimum Gasteiger partial charge on any atom is -0.495 e. The summed E-state index contributed by atoms with van der Waals surface area (Å²) in [5.74, 6) is 0.513. The van der Waals surface area contributed by atoms with Crippen molar-refractivity contribution in [2.45, 2.75) is 19.8 Å². The van der Waals surface area contributed by atoms with Crippen molar-refractivity contribution in [2.75, 3.05) is 20.3 Å². The third-order valence-corrected chi connectivity index (χ3v) is 4.19. The topological polar surface area (TPSA) is 58.6 Å². The maximum Gasteiger partial charge on any atom is 0.265 e. The average Bonchev–Trinajstić information content (AvgIpc) is 3.02. The Morgan fingerprint density at radius 3 is 2.88 bits per heavy atom. The third-order valence-electron chi connectivity index (χ3n) is 3.16. The first kappa shape index (κ1) is 12.4. The Labute approximate surface area is 105 Å². The highest BCUT2D eigenvalue weighted by Crippen LogP contribution is 2.44. The Bertz CT molecular complexity index is 423. The molecule has 1 aliphatic rings. The molecule has 0 unspecified atom stereocenters. The number of carbonyl (C=O) groups is 1. The van der Waals surface area contributed by atoms with Crippen LogP contribution in [0.5, 0.6) is 5.75 Å². The number of aliphatic hydroxyl groups excluding tert-OH is 1. The van der Waals surface area contributed by atoms with Crippen LogP contribution < -0.4 is 10.1 Å². The van der Waals surface area contributed by atoms with E-state index in [0.717, 1.165) is 17.7 Å². The monoisotopic (exact) mass is 255 g/mol. The van der Waals surface area contributed by atoms with E-state index in [2.05, 4.69) is 5.32 Å². The molecule has 1 fully saturated rings. The molecule has 2 rings (SSSR count). The smallest absolute Gasteiger partial charge is 0.265 e. The van der Waals surface area contributed by atoms with E-state index in [4.69, 9.17) is 4.74 Å². The second-order valence-corrected chi connectivity index (χ2v) is 5.85. The van der Waals surface area contributed by atoms with E-state index in [1.54, 1.807) is 7.11 Å². The molecule has 1 aliphatic carbocycles. The van der Waals surface area contributed by atoms with Crippen LogP contribution in [0.15, 0.2) is 6.07 Å². The summed E-state index contributed by atoms with van der Waals surface area (Å²) in [6, 6.07) is 1.86. The van der Waals surface area contributed by atoms with Crippen molar-refractivity contribution in [1.82, 2.24) is 5.32 Å². The zero-order valence-electron chi connectivity index (χ0n) is 10.1. The van der Waals surface area contributed by atoms with Crippen LogP contribution in [0.4, 0.5) is 0 Å². The molecule has 1 heterocycles. The number of aliphatic hydroxyl groups is 1. The van der Waals surface area contributed by atoms with Crippen molar-refractivity contribution in [3.63, 3.8) is 0 Å². The van der Waals surface area contributed by atoms with E-state index in [1.807, 2.05) is 13.0 Å². The Hall–Kier alpha value is -1.07. The first-order chi connectivity index (χ1) is 8.10. The summed E-state index contributed by atoms with van der Waals surface area (Å²) in [4.78, 5) is 13.6.